The van der Waals surface area contributed by atoms with E-state index in [2.05, 4.69) is 4.98 Å². The molecule has 0 bridgehead atoms. The minimum atomic E-state index is -0.717. The third kappa shape index (κ3) is 6.46. The first-order valence-corrected chi connectivity index (χ1v) is 12.2. The zero-order chi connectivity index (χ0) is 24.6. The molecule has 0 amide bonds. The molecule has 0 saturated heterocycles. The molecule has 0 radical (unpaired) electrons. The molecule has 4 rings (SSSR count). The van der Waals surface area contributed by atoms with Gasteiger partial charge in [-0.3, -0.25) is 9.69 Å². The number of benzene rings is 2. The van der Waals surface area contributed by atoms with Crippen LogP contribution in [0.5, 0.6) is 11.5 Å². The van der Waals surface area contributed by atoms with Crippen molar-refractivity contribution in [1.29, 1.82) is 0 Å². The Labute approximate surface area is 207 Å². The molecule has 0 aliphatic rings. The topological polar surface area (TPSA) is 96.9 Å². The fraction of sp³-hybridized carbons (Fsp3) is 0.308. The summed E-state index contributed by atoms with van der Waals surface area (Å²) >= 11 is 1.44. The lowest BCUT2D eigenvalue weighted by molar-refractivity contribution is 0.0533. The molecular formula is C26H29N3O5S. The van der Waals surface area contributed by atoms with E-state index in [1.807, 2.05) is 64.9 Å². The summed E-state index contributed by atoms with van der Waals surface area (Å²) < 4.78 is 16.1. The number of thiophene rings is 1. The van der Waals surface area contributed by atoms with Crippen LogP contribution in [-0.4, -0.2) is 66.6 Å². The van der Waals surface area contributed by atoms with Crippen LogP contribution in [0.2, 0.25) is 0 Å². The van der Waals surface area contributed by atoms with Crippen molar-refractivity contribution >= 4 is 21.6 Å². The molecule has 2 aromatic heterocycles. The Morgan fingerprint density at radius 2 is 1.86 bits per heavy atom. The van der Waals surface area contributed by atoms with Gasteiger partial charge in [-0.1, -0.05) is 30.3 Å². The number of nitrogens with zero attached hydrogens (tertiary/aromatic N) is 2. The molecule has 1 atom stereocenters. The minimum absolute atomic E-state index is 0.159. The molecule has 4 aromatic rings. The van der Waals surface area contributed by atoms with E-state index in [9.17, 15) is 9.90 Å². The van der Waals surface area contributed by atoms with Crippen molar-refractivity contribution in [3.05, 3.63) is 76.2 Å². The van der Waals surface area contributed by atoms with Crippen LogP contribution in [0.1, 0.15) is 5.82 Å². The van der Waals surface area contributed by atoms with Crippen LogP contribution in [0.25, 0.3) is 21.3 Å². The number of methoxy groups -OCH3 is 2. The van der Waals surface area contributed by atoms with Crippen LogP contribution in [0.3, 0.4) is 0 Å². The summed E-state index contributed by atoms with van der Waals surface area (Å²) in [7, 11) is 3.25. The molecule has 2 N–H and O–H groups in total. The van der Waals surface area contributed by atoms with Gasteiger partial charge in [0.2, 0.25) is 0 Å². The van der Waals surface area contributed by atoms with E-state index >= 15 is 0 Å². The van der Waals surface area contributed by atoms with Crippen LogP contribution < -0.4 is 15.0 Å². The highest BCUT2D eigenvalue weighted by atomic mass is 32.1. The zero-order valence-corrected chi connectivity index (χ0v) is 20.6. The molecule has 0 unspecified atom stereocenters. The lowest BCUT2D eigenvalue weighted by Crippen LogP contribution is -2.38. The molecule has 9 heteroatoms. The van der Waals surface area contributed by atoms with Crippen molar-refractivity contribution < 1.29 is 19.3 Å². The second kappa shape index (κ2) is 11.9. The second-order valence-corrected chi connectivity index (χ2v) is 8.93. The number of aromatic amines is 1. The summed E-state index contributed by atoms with van der Waals surface area (Å²) in [6.07, 6.45) is -0.717. The summed E-state index contributed by atoms with van der Waals surface area (Å²) in [5.74, 6) is 2.00. The van der Waals surface area contributed by atoms with Gasteiger partial charge in [0.1, 0.15) is 34.9 Å². The smallest absolute Gasteiger partial charge is 0.260 e. The van der Waals surface area contributed by atoms with Gasteiger partial charge in [-0.15, -0.1) is 11.3 Å². The van der Waals surface area contributed by atoms with Gasteiger partial charge in [0.05, 0.1) is 25.6 Å². The number of rotatable bonds is 12. The first kappa shape index (κ1) is 24.9. The van der Waals surface area contributed by atoms with Crippen molar-refractivity contribution in [2.45, 2.75) is 12.6 Å². The normalized spacial score (nSPS) is 12.2. The Kier molecular flexibility index (Phi) is 8.49. The number of aliphatic hydroxyl groups is 1. The van der Waals surface area contributed by atoms with E-state index < -0.39 is 6.10 Å². The number of aliphatic hydroxyl groups excluding tert-OH is 1. The van der Waals surface area contributed by atoms with Crippen molar-refractivity contribution in [2.24, 2.45) is 0 Å². The van der Waals surface area contributed by atoms with Gasteiger partial charge >= 0.3 is 0 Å². The van der Waals surface area contributed by atoms with E-state index in [0.29, 0.717) is 48.0 Å². The Hall–Kier alpha value is -3.24. The number of H-pyrrole nitrogens is 1. The molecule has 35 heavy (non-hydrogen) atoms. The lowest BCUT2D eigenvalue weighted by Gasteiger charge is -2.24. The first-order chi connectivity index (χ1) is 17.1. The third-order valence-corrected chi connectivity index (χ3v) is 6.41. The second-order valence-electron chi connectivity index (χ2n) is 8.08. The largest absolute Gasteiger partial charge is 0.497 e. The molecular weight excluding hydrogens is 466 g/mol. The number of nitrogens with one attached hydrogen (secondary N) is 1. The van der Waals surface area contributed by atoms with Gasteiger partial charge in [-0.2, -0.15) is 0 Å². The van der Waals surface area contributed by atoms with Gasteiger partial charge in [0.15, 0.2) is 0 Å². The Bertz CT molecular complexity index is 1270. The van der Waals surface area contributed by atoms with Crippen molar-refractivity contribution in [3.8, 4) is 22.6 Å². The number of aromatic nitrogens is 2. The minimum Gasteiger partial charge on any atom is -0.497 e. The Morgan fingerprint density at radius 3 is 2.57 bits per heavy atom. The molecule has 8 nitrogen and oxygen atoms in total. The molecule has 2 heterocycles. The third-order valence-electron chi connectivity index (χ3n) is 5.53. The van der Waals surface area contributed by atoms with E-state index in [-0.39, 0.29) is 12.2 Å². The highest BCUT2D eigenvalue weighted by Crippen LogP contribution is 2.31. The summed E-state index contributed by atoms with van der Waals surface area (Å²) in [6.45, 7) is 1.93. The molecule has 0 aliphatic carbocycles. The highest BCUT2D eigenvalue weighted by molar-refractivity contribution is 7.17. The maximum Gasteiger partial charge on any atom is 0.260 e. The molecule has 0 aliphatic heterocycles. The fourth-order valence-corrected chi connectivity index (χ4v) is 4.75. The standard InChI is InChI=1S/C26H29N3O5S/c1-32-13-12-29(14-19(30)16-34-21-6-4-3-5-7-21)15-23-27-25(31)24-22(17-35-26(24)28-23)18-8-10-20(33-2)11-9-18/h3-11,17,19,30H,12-16H2,1-2H3,(H,27,28,31)/t19-/m0/s1. The first-order valence-electron chi connectivity index (χ1n) is 11.3. The van der Waals surface area contributed by atoms with Gasteiger partial charge < -0.3 is 24.3 Å². The predicted molar refractivity (Wildman–Crippen MR) is 137 cm³/mol. The summed E-state index contributed by atoms with van der Waals surface area (Å²) in [5.41, 5.74) is 1.59. The Balaban J connectivity index is 1.48. The average Bonchev–Trinajstić information content (AvgIpc) is 3.31. The van der Waals surface area contributed by atoms with Crippen molar-refractivity contribution in [2.75, 3.05) is 40.5 Å². The van der Waals surface area contributed by atoms with Crippen LogP contribution in [0, 0.1) is 0 Å². The van der Waals surface area contributed by atoms with E-state index in [1.165, 1.54) is 11.3 Å². The van der Waals surface area contributed by atoms with Gasteiger partial charge in [0, 0.05) is 31.1 Å². The van der Waals surface area contributed by atoms with Crippen molar-refractivity contribution in [3.63, 3.8) is 0 Å². The average molecular weight is 496 g/mol. The number of para-hydroxylation sites is 1. The summed E-state index contributed by atoms with van der Waals surface area (Å²) in [6, 6.07) is 17.0. The van der Waals surface area contributed by atoms with Crippen molar-refractivity contribution in [1.82, 2.24) is 14.9 Å². The number of fused-ring (bicyclic) bond motifs is 1. The molecule has 0 spiro atoms. The van der Waals surface area contributed by atoms with Gasteiger partial charge in [0.25, 0.3) is 5.56 Å². The van der Waals surface area contributed by atoms with E-state index in [4.69, 9.17) is 19.2 Å². The Morgan fingerprint density at radius 1 is 1.09 bits per heavy atom. The quantitative estimate of drug-likeness (QED) is 0.310. The number of hydrogen-bond donors (Lipinski definition) is 2. The SMILES string of the molecule is COCCN(Cc1nc2scc(-c3ccc(OC)cc3)c2c(=O)[nH]1)C[C@H](O)COc1ccccc1. The summed E-state index contributed by atoms with van der Waals surface area (Å²) in [4.78, 5) is 23.3. The molecule has 184 valence electrons. The van der Waals surface area contributed by atoms with Crippen LogP contribution in [0.15, 0.2) is 64.8 Å². The van der Waals surface area contributed by atoms with E-state index in [1.54, 1.807) is 14.2 Å². The van der Waals surface area contributed by atoms with Crippen LogP contribution in [0.4, 0.5) is 0 Å². The fourth-order valence-electron chi connectivity index (χ4n) is 3.78. The molecule has 0 fully saturated rings. The molecule has 2 aromatic carbocycles. The predicted octanol–water partition coefficient (Wildman–Crippen LogP) is 3.55. The van der Waals surface area contributed by atoms with Crippen LogP contribution >= 0.6 is 11.3 Å². The van der Waals surface area contributed by atoms with Gasteiger partial charge in [-0.05, 0) is 29.8 Å². The maximum absolute atomic E-state index is 13.0. The van der Waals surface area contributed by atoms with Gasteiger partial charge in [-0.25, -0.2) is 4.98 Å². The zero-order valence-electron chi connectivity index (χ0n) is 19.8. The number of ether oxygens (including phenoxy) is 3. The lowest BCUT2D eigenvalue weighted by atomic mass is 10.1. The van der Waals surface area contributed by atoms with Crippen LogP contribution in [-0.2, 0) is 11.3 Å². The maximum atomic E-state index is 13.0. The molecule has 0 saturated carbocycles. The highest BCUT2D eigenvalue weighted by Gasteiger charge is 2.17. The summed E-state index contributed by atoms with van der Waals surface area (Å²) in [5, 5.41) is 13.1. The monoisotopic (exact) mass is 495 g/mol. The number of hydrogen-bond acceptors (Lipinski definition) is 8. The van der Waals surface area contributed by atoms with E-state index in [0.717, 1.165) is 16.9 Å².